The summed E-state index contributed by atoms with van der Waals surface area (Å²) in [4.78, 5) is 1.32. The number of rotatable bonds is 6. The van der Waals surface area contributed by atoms with Gasteiger partial charge in [0.2, 0.25) is 0 Å². The molecule has 0 aliphatic carbocycles. The number of thioether (sulfide) groups is 1. The second kappa shape index (κ2) is 6.78. The van der Waals surface area contributed by atoms with Crippen LogP contribution in [0.25, 0.3) is 0 Å². The van der Waals surface area contributed by atoms with Crippen molar-refractivity contribution in [2.24, 2.45) is 0 Å². The third kappa shape index (κ3) is 3.61. The molecule has 4 heteroatoms. The fourth-order valence-corrected chi connectivity index (χ4v) is 3.00. The third-order valence-corrected chi connectivity index (χ3v) is 4.19. The van der Waals surface area contributed by atoms with Crippen molar-refractivity contribution >= 4 is 11.8 Å². The van der Waals surface area contributed by atoms with Crippen LogP contribution in [0.1, 0.15) is 17.0 Å². The van der Waals surface area contributed by atoms with Crippen molar-refractivity contribution in [3.05, 3.63) is 47.3 Å². The lowest BCUT2D eigenvalue weighted by atomic mass is 10.2. The molecule has 0 saturated carbocycles. The van der Waals surface area contributed by atoms with Gasteiger partial charge in [0.15, 0.2) is 0 Å². The number of nitrogens with one attached hydrogen (secondary N) is 1. The number of aryl methyl sites for hydroxylation is 2. The molecule has 2 aromatic rings. The van der Waals surface area contributed by atoms with E-state index in [1.54, 1.807) is 0 Å². The highest BCUT2D eigenvalue weighted by molar-refractivity contribution is 7.99. The van der Waals surface area contributed by atoms with E-state index in [1.807, 2.05) is 18.8 Å². The van der Waals surface area contributed by atoms with Crippen molar-refractivity contribution in [3.8, 4) is 0 Å². The molecule has 0 amide bonds. The highest BCUT2D eigenvalue weighted by Gasteiger charge is 2.10. The summed E-state index contributed by atoms with van der Waals surface area (Å²) < 4.78 is 2.12. The van der Waals surface area contributed by atoms with Gasteiger partial charge in [-0.3, -0.25) is 4.68 Å². The number of nitrogens with zero attached hydrogens (tertiary/aromatic N) is 2. The summed E-state index contributed by atoms with van der Waals surface area (Å²) in [5.74, 6) is 1.05. The van der Waals surface area contributed by atoms with Crippen LogP contribution in [-0.2, 0) is 13.1 Å². The molecular weight excluding hydrogens is 254 g/mol. The van der Waals surface area contributed by atoms with Crippen molar-refractivity contribution in [2.75, 3.05) is 12.8 Å². The Morgan fingerprint density at radius 1 is 1.21 bits per heavy atom. The van der Waals surface area contributed by atoms with E-state index >= 15 is 0 Å². The standard InChI is InChI=1S/C15H21N3S/c1-12-15(11-16-3)13(2)18(17-12)9-10-19-14-7-5-4-6-8-14/h4-8,16H,9-11H2,1-3H3. The fraction of sp³-hybridized carbons (Fsp3) is 0.400. The summed E-state index contributed by atoms with van der Waals surface area (Å²) in [6.45, 7) is 6.08. The molecule has 3 nitrogen and oxygen atoms in total. The van der Waals surface area contributed by atoms with Gasteiger partial charge in [0.1, 0.15) is 0 Å². The molecule has 19 heavy (non-hydrogen) atoms. The summed E-state index contributed by atoms with van der Waals surface area (Å²) in [5, 5.41) is 7.83. The molecule has 0 radical (unpaired) electrons. The van der Waals surface area contributed by atoms with E-state index in [0.29, 0.717) is 0 Å². The van der Waals surface area contributed by atoms with E-state index in [4.69, 9.17) is 0 Å². The minimum atomic E-state index is 0.892. The summed E-state index contributed by atoms with van der Waals surface area (Å²) in [6.07, 6.45) is 0. The van der Waals surface area contributed by atoms with Crippen LogP contribution in [0.4, 0.5) is 0 Å². The average molecular weight is 275 g/mol. The lowest BCUT2D eigenvalue weighted by molar-refractivity contribution is 0.638. The molecule has 1 aromatic heterocycles. The molecule has 1 heterocycles. The maximum atomic E-state index is 4.62. The molecule has 0 spiro atoms. The first-order valence-corrected chi connectivity index (χ1v) is 7.56. The Bertz CT molecular complexity index is 520. The smallest absolute Gasteiger partial charge is 0.0641 e. The summed E-state index contributed by atoms with van der Waals surface area (Å²) in [7, 11) is 1.97. The molecule has 102 valence electrons. The van der Waals surface area contributed by atoms with Crippen molar-refractivity contribution in [3.63, 3.8) is 0 Å². The number of aromatic nitrogens is 2. The van der Waals surface area contributed by atoms with Gasteiger partial charge in [0.25, 0.3) is 0 Å². The quantitative estimate of drug-likeness (QED) is 0.822. The molecule has 0 saturated heterocycles. The molecule has 2 rings (SSSR count). The SMILES string of the molecule is CNCc1c(C)nn(CCSc2ccccc2)c1C. The minimum absolute atomic E-state index is 0.892. The Morgan fingerprint density at radius 3 is 2.63 bits per heavy atom. The molecule has 0 aliphatic rings. The van der Waals surface area contributed by atoms with Crippen LogP contribution in [0, 0.1) is 13.8 Å². The fourth-order valence-electron chi connectivity index (χ4n) is 2.15. The number of hydrogen-bond acceptors (Lipinski definition) is 3. The largest absolute Gasteiger partial charge is 0.316 e. The van der Waals surface area contributed by atoms with Crippen LogP contribution in [0.2, 0.25) is 0 Å². The van der Waals surface area contributed by atoms with Crippen LogP contribution in [0.5, 0.6) is 0 Å². The van der Waals surface area contributed by atoms with Gasteiger partial charge in [0.05, 0.1) is 12.2 Å². The first-order valence-electron chi connectivity index (χ1n) is 6.57. The van der Waals surface area contributed by atoms with Crippen LogP contribution in [0.3, 0.4) is 0 Å². The lowest BCUT2D eigenvalue weighted by Gasteiger charge is -2.05. The van der Waals surface area contributed by atoms with Gasteiger partial charge < -0.3 is 5.32 Å². The zero-order valence-corrected chi connectivity index (χ0v) is 12.6. The second-order valence-corrected chi connectivity index (χ2v) is 5.73. The van der Waals surface area contributed by atoms with E-state index in [-0.39, 0.29) is 0 Å². The van der Waals surface area contributed by atoms with Gasteiger partial charge in [-0.1, -0.05) is 18.2 Å². The Balaban J connectivity index is 1.95. The van der Waals surface area contributed by atoms with Gasteiger partial charge in [-0.05, 0) is 33.0 Å². The molecular formula is C15H21N3S. The molecule has 0 bridgehead atoms. The van der Waals surface area contributed by atoms with E-state index < -0.39 is 0 Å². The second-order valence-electron chi connectivity index (χ2n) is 4.56. The van der Waals surface area contributed by atoms with Crippen LogP contribution in [-0.4, -0.2) is 22.6 Å². The van der Waals surface area contributed by atoms with Crippen LogP contribution in [0.15, 0.2) is 35.2 Å². The molecule has 0 unspecified atom stereocenters. The summed E-state index contributed by atoms with van der Waals surface area (Å²) in [6, 6.07) is 10.5. The van der Waals surface area contributed by atoms with Crippen LogP contribution < -0.4 is 5.32 Å². The first kappa shape index (κ1) is 14.2. The van der Waals surface area contributed by atoms with Crippen molar-refractivity contribution in [2.45, 2.75) is 31.8 Å². The summed E-state index contributed by atoms with van der Waals surface area (Å²) >= 11 is 1.88. The Hall–Kier alpha value is -1.26. The lowest BCUT2D eigenvalue weighted by Crippen LogP contribution is -2.08. The maximum absolute atomic E-state index is 4.62. The van der Waals surface area contributed by atoms with Crippen molar-refractivity contribution < 1.29 is 0 Å². The zero-order valence-electron chi connectivity index (χ0n) is 11.8. The van der Waals surface area contributed by atoms with Crippen molar-refractivity contribution in [1.82, 2.24) is 15.1 Å². The molecule has 0 aliphatic heterocycles. The average Bonchev–Trinajstić information content (AvgIpc) is 2.68. The molecule has 1 N–H and O–H groups in total. The predicted octanol–water partition coefficient (Wildman–Crippen LogP) is 3.01. The van der Waals surface area contributed by atoms with Crippen LogP contribution >= 0.6 is 11.8 Å². The Kier molecular flexibility index (Phi) is 5.05. The monoisotopic (exact) mass is 275 g/mol. The topological polar surface area (TPSA) is 29.9 Å². The van der Waals surface area contributed by atoms with Gasteiger partial charge in [-0.15, -0.1) is 11.8 Å². The number of hydrogen-bond donors (Lipinski definition) is 1. The van der Waals surface area contributed by atoms with E-state index in [9.17, 15) is 0 Å². The Labute approximate surface area is 119 Å². The highest BCUT2D eigenvalue weighted by Crippen LogP contribution is 2.18. The normalized spacial score (nSPS) is 10.9. The van der Waals surface area contributed by atoms with Gasteiger partial charge in [0, 0.05) is 28.5 Å². The molecule has 0 fully saturated rings. The van der Waals surface area contributed by atoms with E-state index in [0.717, 1.165) is 24.5 Å². The molecule has 1 aromatic carbocycles. The first-order chi connectivity index (χ1) is 9.22. The third-order valence-electron chi connectivity index (χ3n) is 3.20. The van der Waals surface area contributed by atoms with E-state index in [2.05, 4.69) is 59.3 Å². The van der Waals surface area contributed by atoms with Gasteiger partial charge in [-0.25, -0.2) is 0 Å². The maximum Gasteiger partial charge on any atom is 0.0641 e. The Morgan fingerprint density at radius 2 is 1.95 bits per heavy atom. The van der Waals surface area contributed by atoms with Gasteiger partial charge in [-0.2, -0.15) is 5.10 Å². The number of benzene rings is 1. The van der Waals surface area contributed by atoms with Crippen molar-refractivity contribution in [1.29, 1.82) is 0 Å². The van der Waals surface area contributed by atoms with Gasteiger partial charge >= 0.3 is 0 Å². The summed E-state index contributed by atoms with van der Waals surface area (Å²) in [5.41, 5.74) is 3.74. The highest BCUT2D eigenvalue weighted by atomic mass is 32.2. The predicted molar refractivity (Wildman–Crippen MR) is 81.6 cm³/mol. The molecule has 0 atom stereocenters. The zero-order chi connectivity index (χ0) is 13.7. The van der Waals surface area contributed by atoms with E-state index in [1.165, 1.54) is 16.2 Å². The minimum Gasteiger partial charge on any atom is -0.316 e.